The van der Waals surface area contributed by atoms with E-state index in [-0.39, 0.29) is 25.3 Å². The smallest absolute Gasteiger partial charge is 0.416 e. The molecule has 0 aliphatic carbocycles. The second kappa shape index (κ2) is 8.83. The number of carbonyl (C=O) groups excluding carboxylic acids is 1. The van der Waals surface area contributed by atoms with E-state index in [1.165, 1.54) is 12.1 Å². The van der Waals surface area contributed by atoms with Crippen LogP contribution in [-0.4, -0.2) is 23.5 Å². The quantitative estimate of drug-likeness (QED) is 0.624. The molecule has 0 aliphatic rings. The van der Waals surface area contributed by atoms with Gasteiger partial charge in [-0.2, -0.15) is 13.2 Å². The third kappa shape index (κ3) is 7.90. The zero-order valence-corrected chi connectivity index (χ0v) is 12.2. The first kappa shape index (κ1) is 18.6. The van der Waals surface area contributed by atoms with Crippen molar-refractivity contribution in [3.63, 3.8) is 0 Å². The molecular formula is C16H16F3NO3. The third-order valence-corrected chi connectivity index (χ3v) is 2.86. The molecule has 0 spiro atoms. The molecule has 2 N–H and O–H groups in total. The number of halogens is 3. The zero-order chi connectivity index (χ0) is 17.3. The van der Waals surface area contributed by atoms with Crippen molar-refractivity contribution in [3.8, 4) is 11.8 Å². The van der Waals surface area contributed by atoms with E-state index < -0.39 is 17.7 Å². The Morgan fingerprint density at radius 2 is 1.70 bits per heavy atom. The first-order valence-electron chi connectivity index (χ1n) is 6.93. The number of hydrogen-bond donors (Lipinski definition) is 2. The van der Waals surface area contributed by atoms with E-state index in [1.807, 2.05) is 0 Å². The number of aliphatic carboxylic acids is 1. The van der Waals surface area contributed by atoms with E-state index in [2.05, 4.69) is 17.2 Å². The maximum atomic E-state index is 12.4. The van der Waals surface area contributed by atoms with Crippen molar-refractivity contribution in [1.29, 1.82) is 0 Å². The van der Waals surface area contributed by atoms with E-state index >= 15 is 0 Å². The summed E-state index contributed by atoms with van der Waals surface area (Å²) in [5, 5.41) is 11.0. The average molecular weight is 327 g/mol. The highest BCUT2D eigenvalue weighted by Crippen LogP contribution is 2.28. The molecule has 0 saturated carbocycles. The lowest BCUT2D eigenvalue weighted by Gasteiger charge is -2.05. The third-order valence-electron chi connectivity index (χ3n) is 2.86. The van der Waals surface area contributed by atoms with E-state index in [9.17, 15) is 22.8 Å². The fourth-order valence-electron chi connectivity index (χ4n) is 1.68. The summed E-state index contributed by atoms with van der Waals surface area (Å²) in [5.41, 5.74) is -0.313. The van der Waals surface area contributed by atoms with Crippen LogP contribution in [0.15, 0.2) is 24.3 Å². The fourth-order valence-corrected chi connectivity index (χ4v) is 1.68. The molecule has 0 unspecified atom stereocenters. The summed E-state index contributed by atoms with van der Waals surface area (Å²) in [4.78, 5) is 21.7. The number of carboxylic acids is 1. The Labute approximate surface area is 131 Å². The lowest BCUT2D eigenvalue weighted by Crippen LogP contribution is -2.23. The van der Waals surface area contributed by atoms with Gasteiger partial charge in [0.1, 0.15) is 0 Å². The molecule has 0 fully saturated rings. The summed E-state index contributed by atoms with van der Waals surface area (Å²) in [7, 11) is 0. The van der Waals surface area contributed by atoms with Crippen LogP contribution in [0.3, 0.4) is 0 Å². The molecule has 1 aromatic rings. The van der Waals surface area contributed by atoms with Crippen molar-refractivity contribution in [2.24, 2.45) is 0 Å². The van der Waals surface area contributed by atoms with Crippen molar-refractivity contribution in [3.05, 3.63) is 35.4 Å². The van der Waals surface area contributed by atoms with Crippen molar-refractivity contribution in [2.75, 3.05) is 6.54 Å². The number of alkyl halides is 3. The second-order valence-corrected chi connectivity index (χ2v) is 4.75. The van der Waals surface area contributed by atoms with Gasteiger partial charge in [-0.25, -0.2) is 0 Å². The summed E-state index contributed by atoms with van der Waals surface area (Å²) in [6, 6.07) is 4.43. The zero-order valence-electron chi connectivity index (χ0n) is 12.2. The molecule has 1 rings (SSSR count). The Balaban J connectivity index is 2.32. The van der Waals surface area contributed by atoms with Crippen LogP contribution in [0.25, 0.3) is 0 Å². The van der Waals surface area contributed by atoms with Crippen LogP contribution < -0.4 is 5.32 Å². The summed E-state index contributed by atoms with van der Waals surface area (Å²) in [5.74, 6) is 4.16. The molecule has 0 heterocycles. The lowest BCUT2D eigenvalue weighted by molar-refractivity contribution is -0.138. The number of hydrogen-bond acceptors (Lipinski definition) is 2. The lowest BCUT2D eigenvalue weighted by atomic mass is 10.1. The number of unbranched alkanes of at least 4 members (excludes halogenated alkanes) is 1. The molecule has 0 aliphatic heterocycles. The largest absolute Gasteiger partial charge is 0.481 e. The van der Waals surface area contributed by atoms with Gasteiger partial charge in [0.15, 0.2) is 0 Å². The number of amides is 1. The Morgan fingerprint density at radius 3 is 2.26 bits per heavy atom. The van der Waals surface area contributed by atoms with E-state index in [0.29, 0.717) is 18.4 Å². The predicted molar refractivity (Wildman–Crippen MR) is 77.4 cm³/mol. The van der Waals surface area contributed by atoms with Crippen molar-refractivity contribution in [1.82, 2.24) is 5.32 Å². The van der Waals surface area contributed by atoms with Gasteiger partial charge in [-0.15, -0.1) is 0 Å². The molecule has 23 heavy (non-hydrogen) atoms. The number of rotatable bonds is 6. The first-order valence-corrected chi connectivity index (χ1v) is 6.93. The van der Waals surface area contributed by atoms with Crippen molar-refractivity contribution in [2.45, 2.75) is 31.9 Å². The molecule has 0 bridgehead atoms. The minimum Gasteiger partial charge on any atom is -0.481 e. The van der Waals surface area contributed by atoms with Crippen LogP contribution in [0.5, 0.6) is 0 Å². The average Bonchev–Trinajstić information content (AvgIpc) is 2.47. The van der Waals surface area contributed by atoms with Crippen LogP contribution in [0, 0.1) is 11.8 Å². The van der Waals surface area contributed by atoms with Crippen LogP contribution in [-0.2, 0) is 15.8 Å². The Kier molecular flexibility index (Phi) is 7.13. The molecule has 1 amide bonds. The SMILES string of the molecule is O=C(O)CCCCC(=O)NCC#Cc1ccc(C(F)(F)F)cc1. The summed E-state index contributed by atoms with van der Waals surface area (Å²) < 4.78 is 37.1. The first-order chi connectivity index (χ1) is 10.8. The van der Waals surface area contributed by atoms with Gasteiger partial charge in [0.2, 0.25) is 5.91 Å². The molecular weight excluding hydrogens is 311 g/mol. The van der Waals surface area contributed by atoms with Gasteiger partial charge in [-0.3, -0.25) is 9.59 Å². The molecule has 0 aromatic heterocycles. The van der Waals surface area contributed by atoms with E-state index in [1.54, 1.807) is 0 Å². The molecule has 124 valence electrons. The minimum absolute atomic E-state index is 0.0288. The molecule has 7 heteroatoms. The van der Waals surface area contributed by atoms with Crippen LogP contribution >= 0.6 is 0 Å². The number of nitrogens with one attached hydrogen (secondary N) is 1. The topological polar surface area (TPSA) is 66.4 Å². The highest BCUT2D eigenvalue weighted by atomic mass is 19.4. The van der Waals surface area contributed by atoms with Gasteiger partial charge >= 0.3 is 12.1 Å². The van der Waals surface area contributed by atoms with Gasteiger partial charge in [0.05, 0.1) is 12.1 Å². The Bertz CT molecular complexity index is 598. The normalized spacial score (nSPS) is 10.6. The summed E-state index contributed by atoms with van der Waals surface area (Å²) >= 11 is 0. The second-order valence-electron chi connectivity index (χ2n) is 4.75. The van der Waals surface area contributed by atoms with Gasteiger partial charge in [0.25, 0.3) is 0 Å². The summed E-state index contributed by atoms with van der Waals surface area (Å²) in [6.45, 7) is 0.0821. The van der Waals surface area contributed by atoms with E-state index in [0.717, 1.165) is 12.1 Å². The highest BCUT2D eigenvalue weighted by Gasteiger charge is 2.29. The standard InChI is InChI=1S/C16H16F3NO3/c17-16(18,19)13-9-7-12(8-10-13)4-3-11-20-14(21)5-1-2-6-15(22)23/h7-10H,1-2,5-6,11H2,(H,20,21)(H,22,23). The van der Waals surface area contributed by atoms with Gasteiger partial charge in [-0.05, 0) is 37.1 Å². The van der Waals surface area contributed by atoms with Gasteiger partial charge in [0, 0.05) is 18.4 Å². The fraction of sp³-hybridized carbons (Fsp3) is 0.375. The molecule has 0 radical (unpaired) electrons. The van der Waals surface area contributed by atoms with Crippen LogP contribution in [0.1, 0.15) is 36.8 Å². The van der Waals surface area contributed by atoms with E-state index in [4.69, 9.17) is 5.11 Å². The Hall–Kier alpha value is -2.49. The Morgan fingerprint density at radius 1 is 1.09 bits per heavy atom. The molecule has 0 atom stereocenters. The highest BCUT2D eigenvalue weighted by molar-refractivity contribution is 5.76. The maximum Gasteiger partial charge on any atom is 0.416 e. The van der Waals surface area contributed by atoms with Crippen LogP contribution in [0.4, 0.5) is 13.2 Å². The number of benzene rings is 1. The van der Waals surface area contributed by atoms with Gasteiger partial charge < -0.3 is 10.4 Å². The number of carboxylic acid groups (broad SMARTS) is 1. The maximum absolute atomic E-state index is 12.4. The molecule has 0 saturated heterocycles. The molecule has 4 nitrogen and oxygen atoms in total. The monoisotopic (exact) mass is 327 g/mol. The summed E-state index contributed by atoms with van der Waals surface area (Å²) in [6.07, 6.45) is -3.22. The number of carbonyl (C=O) groups is 2. The van der Waals surface area contributed by atoms with Crippen molar-refractivity contribution < 1.29 is 27.9 Å². The van der Waals surface area contributed by atoms with Gasteiger partial charge in [-0.1, -0.05) is 11.8 Å². The molecule has 1 aromatic carbocycles. The van der Waals surface area contributed by atoms with Crippen molar-refractivity contribution >= 4 is 11.9 Å². The minimum atomic E-state index is -4.37. The van der Waals surface area contributed by atoms with Crippen LogP contribution in [0.2, 0.25) is 0 Å². The predicted octanol–water partition coefficient (Wildman–Crippen LogP) is 2.82.